The highest BCUT2D eigenvalue weighted by atomic mass is 19.4. The Hall–Kier alpha value is -4.58. The molecule has 2 amide bonds. The van der Waals surface area contributed by atoms with Crippen molar-refractivity contribution in [2.75, 3.05) is 36.1 Å². The van der Waals surface area contributed by atoms with Crippen LogP contribution in [0, 0.1) is 0 Å². The second-order valence-electron chi connectivity index (χ2n) is 8.75. The van der Waals surface area contributed by atoms with Crippen molar-refractivity contribution in [1.82, 2.24) is 25.3 Å². The maximum absolute atomic E-state index is 13.5. The second-order valence-corrected chi connectivity index (χ2v) is 8.75. The van der Waals surface area contributed by atoms with E-state index in [1.807, 2.05) is 4.90 Å². The highest BCUT2D eigenvalue weighted by Gasteiger charge is 2.34. The standard InChI is InChI=1S/C26H20F3N7O2/c1-15-19-14-30-21-6-5-20(16-12-31-24(32-13-16)35-7-9-38-10-8-35)34-22(21)23(19)36(25(37)33-15)18-4-2-3-17(11-18)26(27,28)29/h2-6,11-14H,1,7-10H2,(H,33,37). The Balaban J connectivity index is 1.46. The van der Waals surface area contributed by atoms with Crippen LogP contribution in [0.1, 0.15) is 11.1 Å². The summed E-state index contributed by atoms with van der Waals surface area (Å²) in [7, 11) is 0. The second kappa shape index (κ2) is 9.06. The Labute approximate surface area is 214 Å². The Kier molecular flexibility index (Phi) is 5.68. The summed E-state index contributed by atoms with van der Waals surface area (Å²) in [6.07, 6.45) is 0.255. The van der Waals surface area contributed by atoms with Gasteiger partial charge in [-0.15, -0.1) is 0 Å². The highest BCUT2D eigenvalue weighted by molar-refractivity contribution is 6.14. The number of nitrogens with zero attached hydrogens (tertiary/aromatic N) is 6. The number of alkyl halides is 3. The molecule has 5 heterocycles. The van der Waals surface area contributed by atoms with Gasteiger partial charge in [0.2, 0.25) is 5.95 Å². The molecular weight excluding hydrogens is 499 g/mol. The first kappa shape index (κ1) is 23.8. The SMILES string of the molecule is C=C1NC(=O)N(c2cccc(C(F)(F)F)c2)c2c1cnc1ccc(-c3cnc(N4CCOCC4)nc3)nc21. The molecule has 2 aliphatic rings. The minimum absolute atomic E-state index is 0.0315. The van der Waals surface area contributed by atoms with E-state index in [1.54, 1.807) is 24.5 Å². The van der Waals surface area contributed by atoms with Crippen LogP contribution in [0.25, 0.3) is 28.0 Å². The third kappa shape index (κ3) is 4.18. The largest absolute Gasteiger partial charge is 0.416 e. The van der Waals surface area contributed by atoms with Gasteiger partial charge in [0.1, 0.15) is 5.52 Å². The quantitative estimate of drug-likeness (QED) is 0.416. The van der Waals surface area contributed by atoms with Gasteiger partial charge in [-0.1, -0.05) is 12.6 Å². The number of aromatic nitrogens is 4. The summed E-state index contributed by atoms with van der Waals surface area (Å²) in [6, 6.07) is 7.39. The summed E-state index contributed by atoms with van der Waals surface area (Å²) >= 11 is 0. The lowest BCUT2D eigenvalue weighted by molar-refractivity contribution is -0.137. The van der Waals surface area contributed by atoms with E-state index in [4.69, 9.17) is 9.72 Å². The molecule has 12 heteroatoms. The van der Waals surface area contributed by atoms with Crippen LogP contribution in [-0.4, -0.2) is 52.3 Å². The van der Waals surface area contributed by atoms with E-state index in [0.717, 1.165) is 17.0 Å². The van der Waals surface area contributed by atoms with E-state index >= 15 is 0 Å². The lowest BCUT2D eigenvalue weighted by Crippen LogP contribution is -2.40. The Bertz CT molecular complexity index is 1570. The van der Waals surface area contributed by atoms with Crippen molar-refractivity contribution in [1.29, 1.82) is 0 Å². The molecule has 3 aromatic heterocycles. The van der Waals surface area contributed by atoms with Crippen molar-refractivity contribution in [3.63, 3.8) is 0 Å². The number of carbonyl (C=O) groups excluding carboxylic acids is 1. The molecule has 0 atom stereocenters. The minimum atomic E-state index is -4.58. The smallest absolute Gasteiger partial charge is 0.378 e. The van der Waals surface area contributed by atoms with Gasteiger partial charge in [0.25, 0.3) is 0 Å². The van der Waals surface area contributed by atoms with Gasteiger partial charge in [0.15, 0.2) is 0 Å². The fourth-order valence-corrected chi connectivity index (χ4v) is 4.46. The topological polar surface area (TPSA) is 96.4 Å². The lowest BCUT2D eigenvalue weighted by Gasteiger charge is -2.31. The average Bonchev–Trinajstić information content (AvgIpc) is 2.93. The first-order valence-electron chi connectivity index (χ1n) is 11.7. The molecule has 1 N–H and O–H groups in total. The first-order chi connectivity index (χ1) is 18.3. The number of ether oxygens (including phenoxy) is 1. The van der Waals surface area contributed by atoms with Crippen LogP contribution >= 0.6 is 0 Å². The summed E-state index contributed by atoms with van der Waals surface area (Å²) in [5.74, 6) is 0.584. The third-order valence-electron chi connectivity index (χ3n) is 6.36. The molecule has 6 rings (SSSR count). The zero-order chi connectivity index (χ0) is 26.4. The first-order valence-corrected chi connectivity index (χ1v) is 11.7. The van der Waals surface area contributed by atoms with Crippen molar-refractivity contribution in [3.05, 3.63) is 72.7 Å². The van der Waals surface area contributed by atoms with Gasteiger partial charge < -0.3 is 15.0 Å². The Morgan fingerprint density at radius 1 is 1.00 bits per heavy atom. The molecule has 1 saturated heterocycles. The van der Waals surface area contributed by atoms with Gasteiger partial charge in [-0.25, -0.2) is 19.7 Å². The molecule has 9 nitrogen and oxygen atoms in total. The highest BCUT2D eigenvalue weighted by Crippen LogP contribution is 2.41. The molecule has 38 heavy (non-hydrogen) atoms. The van der Waals surface area contributed by atoms with Crippen LogP contribution < -0.4 is 15.1 Å². The van der Waals surface area contributed by atoms with Crippen molar-refractivity contribution in [2.24, 2.45) is 0 Å². The normalized spacial score (nSPS) is 16.0. The number of morpholine rings is 1. The van der Waals surface area contributed by atoms with E-state index in [2.05, 4.69) is 26.8 Å². The predicted molar refractivity (Wildman–Crippen MR) is 135 cm³/mol. The van der Waals surface area contributed by atoms with Gasteiger partial charge in [-0.3, -0.25) is 9.88 Å². The molecule has 0 unspecified atom stereocenters. The summed E-state index contributed by atoms with van der Waals surface area (Å²) in [4.78, 5) is 34.4. The predicted octanol–water partition coefficient (Wildman–Crippen LogP) is 4.77. The lowest BCUT2D eigenvalue weighted by atomic mass is 10.1. The summed E-state index contributed by atoms with van der Waals surface area (Å²) < 4.78 is 45.7. The van der Waals surface area contributed by atoms with Gasteiger partial charge in [0.05, 0.1) is 41.4 Å². The van der Waals surface area contributed by atoms with E-state index in [1.165, 1.54) is 18.3 Å². The van der Waals surface area contributed by atoms with Crippen molar-refractivity contribution >= 4 is 40.1 Å². The summed E-state index contributed by atoms with van der Waals surface area (Å²) in [6.45, 7) is 6.50. The zero-order valence-electron chi connectivity index (χ0n) is 19.9. The molecule has 0 bridgehead atoms. The number of urea groups is 1. The summed E-state index contributed by atoms with van der Waals surface area (Å²) in [5, 5.41) is 2.60. The van der Waals surface area contributed by atoms with E-state index in [9.17, 15) is 18.0 Å². The molecule has 0 aliphatic carbocycles. The zero-order valence-corrected chi connectivity index (χ0v) is 19.9. The van der Waals surface area contributed by atoms with Gasteiger partial charge in [-0.2, -0.15) is 13.2 Å². The monoisotopic (exact) mass is 519 g/mol. The number of nitrogens with one attached hydrogen (secondary N) is 1. The third-order valence-corrected chi connectivity index (χ3v) is 6.36. The van der Waals surface area contributed by atoms with Crippen LogP contribution in [0.5, 0.6) is 0 Å². The molecule has 1 aromatic carbocycles. The molecular formula is C26H20F3N7O2. The molecule has 192 valence electrons. The molecule has 0 spiro atoms. The number of carbonyl (C=O) groups is 1. The van der Waals surface area contributed by atoms with Gasteiger partial charge in [0, 0.05) is 48.5 Å². The van der Waals surface area contributed by atoms with E-state index in [-0.39, 0.29) is 17.1 Å². The Morgan fingerprint density at radius 2 is 1.76 bits per heavy atom. The number of halogens is 3. The number of rotatable bonds is 3. The number of benzene rings is 1. The number of fused-ring (bicyclic) bond motifs is 3. The number of amides is 2. The maximum Gasteiger partial charge on any atom is 0.416 e. The molecule has 4 aromatic rings. The van der Waals surface area contributed by atoms with Gasteiger partial charge >= 0.3 is 12.2 Å². The number of pyridine rings is 2. The molecule has 0 saturated carbocycles. The van der Waals surface area contributed by atoms with Crippen LogP contribution in [0.15, 0.2) is 61.6 Å². The molecule has 1 fully saturated rings. The number of anilines is 3. The van der Waals surface area contributed by atoms with E-state index in [0.29, 0.717) is 60.1 Å². The van der Waals surface area contributed by atoms with Crippen molar-refractivity contribution in [2.45, 2.75) is 6.18 Å². The fourth-order valence-electron chi connectivity index (χ4n) is 4.46. The fraction of sp³-hybridized carbons (Fsp3) is 0.192. The number of hydrogen-bond acceptors (Lipinski definition) is 7. The van der Waals surface area contributed by atoms with Crippen LogP contribution in [-0.2, 0) is 10.9 Å². The van der Waals surface area contributed by atoms with Crippen molar-refractivity contribution in [3.8, 4) is 11.3 Å². The maximum atomic E-state index is 13.5. The van der Waals surface area contributed by atoms with Gasteiger partial charge in [-0.05, 0) is 30.3 Å². The molecule has 2 aliphatic heterocycles. The van der Waals surface area contributed by atoms with Crippen LogP contribution in [0.2, 0.25) is 0 Å². The number of hydrogen-bond donors (Lipinski definition) is 1. The van der Waals surface area contributed by atoms with Crippen LogP contribution in [0.4, 0.5) is 35.3 Å². The summed E-state index contributed by atoms with van der Waals surface area (Å²) in [5.41, 5.74) is 2.08. The average molecular weight is 519 g/mol. The van der Waals surface area contributed by atoms with E-state index < -0.39 is 17.8 Å². The molecule has 0 radical (unpaired) electrons. The van der Waals surface area contributed by atoms with Crippen LogP contribution in [0.3, 0.4) is 0 Å². The van der Waals surface area contributed by atoms with Crippen molar-refractivity contribution < 1.29 is 22.7 Å². The minimum Gasteiger partial charge on any atom is -0.378 e. The Morgan fingerprint density at radius 3 is 2.50 bits per heavy atom.